The Balaban J connectivity index is 1.74. The molecule has 0 radical (unpaired) electrons. The molecule has 7 heteroatoms. The van der Waals surface area contributed by atoms with Gasteiger partial charge >= 0.3 is 0 Å². The first-order valence-electron chi connectivity index (χ1n) is 8.67. The molecule has 0 bridgehead atoms. The van der Waals surface area contributed by atoms with Crippen molar-refractivity contribution < 1.29 is 13.9 Å². The van der Waals surface area contributed by atoms with Crippen LogP contribution in [0, 0.1) is 12.7 Å². The molecule has 27 heavy (non-hydrogen) atoms. The molecule has 0 aliphatic heterocycles. The lowest BCUT2D eigenvalue weighted by atomic mass is 10.1. The molecular weight excluding hydrogens is 349 g/mol. The van der Waals surface area contributed by atoms with Gasteiger partial charge in [-0.25, -0.2) is 9.37 Å². The Morgan fingerprint density at radius 1 is 1.26 bits per heavy atom. The van der Waals surface area contributed by atoms with E-state index in [0.717, 1.165) is 5.69 Å². The van der Waals surface area contributed by atoms with E-state index in [-0.39, 0.29) is 29.9 Å². The summed E-state index contributed by atoms with van der Waals surface area (Å²) in [5.74, 6) is -0.846. The number of nitrogens with one attached hydrogen (secondary N) is 1. The van der Waals surface area contributed by atoms with Crippen molar-refractivity contribution in [3.63, 3.8) is 0 Å². The van der Waals surface area contributed by atoms with Crippen LogP contribution in [0.15, 0.2) is 47.4 Å². The maximum absolute atomic E-state index is 13.5. The number of ether oxygens (including phenoxy) is 1. The number of hydrogen-bond acceptors (Lipinski definition) is 4. The Morgan fingerprint density at radius 2 is 2.04 bits per heavy atom. The molecule has 0 atom stereocenters. The van der Waals surface area contributed by atoms with Crippen LogP contribution < -0.4 is 15.5 Å². The van der Waals surface area contributed by atoms with Gasteiger partial charge in [0.05, 0.1) is 11.9 Å². The Bertz CT molecular complexity index is 1050. The minimum atomic E-state index is -0.498. The quantitative estimate of drug-likeness (QED) is 0.678. The number of nitrogens with zero attached hydrogens (tertiary/aromatic N) is 2. The Kier molecular flexibility index (Phi) is 5.49. The summed E-state index contributed by atoms with van der Waals surface area (Å²) in [5.41, 5.74) is 1.03. The molecule has 0 saturated heterocycles. The van der Waals surface area contributed by atoms with Crippen LogP contribution in [-0.4, -0.2) is 28.6 Å². The Labute approximate surface area is 155 Å². The number of pyridine rings is 2. The molecule has 6 nitrogen and oxygen atoms in total. The first kappa shape index (κ1) is 18.6. The highest BCUT2D eigenvalue weighted by molar-refractivity contribution is 5.96. The minimum absolute atomic E-state index is 0.0425. The fourth-order valence-corrected chi connectivity index (χ4v) is 2.75. The van der Waals surface area contributed by atoms with Crippen molar-refractivity contribution in [2.24, 2.45) is 0 Å². The fraction of sp³-hybridized carbons (Fsp3) is 0.250. The van der Waals surface area contributed by atoms with Crippen molar-refractivity contribution in [1.29, 1.82) is 0 Å². The maximum atomic E-state index is 13.5. The summed E-state index contributed by atoms with van der Waals surface area (Å²) < 4.78 is 20.6. The lowest BCUT2D eigenvalue weighted by Gasteiger charge is -2.12. The minimum Gasteiger partial charge on any atom is -0.489 e. The van der Waals surface area contributed by atoms with E-state index in [1.165, 1.54) is 18.3 Å². The van der Waals surface area contributed by atoms with Gasteiger partial charge in [0, 0.05) is 18.4 Å². The van der Waals surface area contributed by atoms with Crippen molar-refractivity contribution in [1.82, 2.24) is 14.9 Å². The van der Waals surface area contributed by atoms with Crippen LogP contribution in [0.1, 0.15) is 23.0 Å². The zero-order valence-corrected chi connectivity index (χ0v) is 15.2. The van der Waals surface area contributed by atoms with Crippen LogP contribution in [0.4, 0.5) is 4.39 Å². The highest BCUT2D eigenvalue weighted by Crippen LogP contribution is 2.15. The van der Waals surface area contributed by atoms with Gasteiger partial charge in [-0.2, -0.15) is 0 Å². The molecule has 2 heterocycles. The molecule has 3 aromatic rings. The van der Waals surface area contributed by atoms with Crippen LogP contribution in [0.3, 0.4) is 0 Å². The van der Waals surface area contributed by atoms with Gasteiger partial charge in [0.2, 0.25) is 5.43 Å². The summed E-state index contributed by atoms with van der Waals surface area (Å²) in [6.07, 6.45) is 1.52. The van der Waals surface area contributed by atoms with Crippen LogP contribution in [0.2, 0.25) is 0 Å². The number of hydrogen-bond donors (Lipinski definition) is 1. The predicted molar refractivity (Wildman–Crippen MR) is 101 cm³/mol. The van der Waals surface area contributed by atoms with Gasteiger partial charge in [0.25, 0.3) is 5.91 Å². The van der Waals surface area contributed by atoms with E-state index in [9.17, 15) is 14.0 Å². The van der Waals surface area contributed by atoms with Crippen LogP contribution in [0.25, 0.3) is 11.0 Å². The number of carbonyl (C=O) groups excluding carboxylic acids is 1. The highest BCUT2D eigenvalue weighted by Gasteiger charge is 2.15. The highest BCUT2D eigenvalue weighted by atomic mass is 19.1. The van der Waals surface area contributed by atoms with E-state index < -0.39 is 11.7 Å². The van der Waals surface area contributed by atoms with Gasteiger partial charge in [-0.3, -0.25) is 9.59 Å². The number of carbonyl (C=O) groups is 1. The monoisotopic (exact) mass is 369 g/mol. The summed E-state index contributed by atoms with van der Waals surface area (Å²) in [6.45, 7) is 4.56. The van der Waals surface area contributed by atoms with Gasteiger partial charge in [0.1, 0.15) is 17.8 Å². The largest absolute Gasteiger partial charge is 0.489 e. The third kappa shape index (κ3) is 3.97. The summed E-state index contributed by atoms with van der Waals surface area (Å²) in [7, 11) is 0. The topological polar surface area (TPSA) is 73.2 Å². The molecule has 0 spiro atoms. The van der Waals surface area contributed by atoms with Gasteiger partial charge in [-0.15, -0.1) is 0 Å². The second kappa shape index (κ2) is 7.99. The van der Waals surface area contributed by atoms with Crippen molar-refractivity contribution in [3.05, 3.63) is 69.9 Å². The smallest absolute Gasteiger partial charge is 0.256 e. The zero-order valence-electron chi connectivity index (χ0n) is 15.2. The Hall–Kier alpha value is -3.22. The second-order valence-corrected chi connectivity index (χ2v) is 6.02. The normalized spacial score (nSPS) is 10.8. The third-order valence-electron chi connectivity index (χ3n) is 4.13. The average Bonchev–Trinajstić information content (AvgIpc) is 2.66. The molecule has 0 saturated carbocycles. The van der Waals surface area contributed by atoms with Gasteiger partial charge in [-0.1, -0.05) is 12.1 Å². The van der Waals surface area contributed by atoms with Gasteiger partial charge in [0.15, 0.2) is 11.6 Å². The van der Waals surface area contributed by atoms with E-state index in [1.807, 2.05) is 13.8 Å². The molecule has 0 fully saturated rings. The summed E-state index contributed by atoms with van der Waals surface area (Å²) in [5, 5.41) is 3.04. The molecule has 0 aliphatic rings. The average molecular weight is 369 g/mol. The van der Waals surface area contributed by atoms with Gasteiger partial charge in [-0.05, 0) is 38.1 Å². The molecule has 140 valence electrons. The van der Waals surface area contributed by atoms with Crippen LogP contribution in [-0.2, 0) is 6.54 Å². The molecule has 1 aromatic carbocycles. The van der Waals surface area contributed by atoms with E-state index in [2.05, 4.69) is 10.3 Å². The third-order valence-corrected chi connectivity index (χ3v) is 4.13. The van der Waals surface area contributed by atoms with E-state index in [4.69, 9.17) is 4.74 Å². The second-order valence-electron chi connectivity index (χ2n) is 6.02. The number of aryl methyl sites for hydroxylation is 2. The lowest BCUT2D eigenvalue weighted by Crippen LogP contribution is -2.32. The van der Waals surface area contributed by atoms with E-state index in [0.29, 0.717) is 17.6 Å². The number of aromatic nitrogens is 2. The number of fused-ring (bicyclic) bond motifs is 1. The van der Waals surface area contributed by atoms with E-state index >= 15 is 0 Å². The van der Waals surface area contributed by atoms with Crippen LogP contribution in [0.5, 0.6) is 5.75 Å². The maximum Gasteiger partial charge on any atom is 0.256 e. The molecule has 0 unspecified atom stereocenters. The van der Waals surface area contributed by atoms with Crippen molar-refractivity contribution in [2.45, 2.75) is 20.4 Å². The number of rotatable bonds is 6. The molecule has 3 rings (SSSR count). The van der Waals surface area contributed by atoms with E-state index in [1.54, 1.807) is 28.8 Å². The molecule has 1 N–H and O–H groups in total. The SMILES string of the molecule is CCn1cc(C(=O)NCCOc2ccccc2F)c(=O)c2ccc(C)nc21. The summed E-state index contributed by atoms with van der Waals surface area (Å²) in [6, 6.07) is 9.47. The molecule has 1 amide bonds. The summed E-state index contributed by atoms with van der Waals surface area (Å²) >= 11 is 0. The number of benzene rings is 1. The number of amides is 1. The van der Waals surface area contributed by atoms with Crippen LogP contribution >= 0.6 is 0 Å². The van der Waals surface area contributed by atoms with Crippen molar-refractivity contribution in [3.8, 4) is 5.75 Å². The molecule has 2 aromatic heterocycles. The number of para-hydroxylation sites is 1. The molecule has 0 aliphatic carbocycles. The van der Waals surface area contributed by atoms with Crippen molar-refractivity contribution >= 4 is 16.9 Å². The number of halogens is 1. The molecular formula is C20H20FN3O3. The summed E-state index contributed by atoms with van der Waals surface area (Å²) in [4.78, 5) is 29.5. The van der Waals surface area contributed by atoms with Gasteiger partial charge < -0.3 is 14.6 Å². The first-order chi connectivity index (χ1) is 13.0. The standard InChI is InChI=1S/C20H20FN3O3/c1-3-24-12-15(18(25)14-9-8-13(2)23-19(14)24)20(26)22-10-11-27-17-7-5-4-6-16(17)21/h4-9,12H,3,10-11H2,1-2H3,(H,22,26). The zero-order chi connectivity index (χ0) is 19.4. The lowest BCUT2D eigenvalue weighted by molar-refractivity contribution is 0.0945. The Morgan fingerprint density at radius 3 is 2.78 bits per heavy atom. The fourth-order valence-electron chi connectivity index (χ4n) is 2.75. The van der Waals surface area contributed by atoms with Crippen molar-refractivity contribution in [2.75, 3.05) is 13.2 Å². The predicted octanol–water partition coefficient (Wildman–Crippen LogP) is 2.67. The first-order valence-corrected chi connectivity index (χ1v) is 8.67.